The van der Waals surface area contributed by atoms with Gasteiger partial charge in [0.25, 0.3) is 0 Å². The molecule has 9 nitrogen and oxygen atoms in total. The van der Waals surface area contributed by atoms with E-state index in [0.29, 0.717) is 17.4 Å². The molecule has 0 N–H and O–H groups in total. The second-order valence-electron chi connectivity index (χ2n) is 20.6. The number of nitrogens with zero attached hydrogens (tertiary/aromatic N) is 1. The monoisotopic (exact) mass is 1020 g/mol. The van der Waals surface area contributed by atoms with Crippen molar-refractivity contribution in [1.29, 1.82) is 0 Å². The summed E-state index contributed by atoms with van der Waals surface area (Å²) >= 11 is 0. The average molecular weight is 1020 g/mol. The van der Waals surface area contributed by atoms with Crippen LogP contribution in [0.15, 0.2) is 97.2 Å². The Balaban J connectivity index is 4.23. The fourth-order valence-corrected chi connectivity index (χ4v) is 7.85. The molecule has 0 rings (SSSR count). The van der Waals surface area contributed by atoms with Gasteiger partial charge in [-0.05, 0) is 77.0 Å². The summed E-state index contributed by atoms with van der Waals surface area (Å²) in [6, 6.07) is 0. The van der Waals surface area contributed by atoms with Gasteiger partial charge >= 0.3 is 11.9 Å². The van der Waals surface area contributed by atoms with Crippen molar-refractivity contribution in [3.63, 3.8) is 0 Å². The molecular weight excluding hydrogens is 911 g/mol. The van der Waals surface area contributed by atoms with Gasteiger partial charge in [-0.2, -0.15) is 0 Å². The number of aliphatic carboxylic acids is 1. The predicted octanol–water partition coefficient (Wildman–Crippen LogP) is 16.0. The van der Waals surface area contributed by atoms with E-state index in [1.165, 1.54) is 103 Å². The van der Waals surface area contributed by atoms with E-state index in [4.69, 9.17) is 18.9 Å². The molecule has 0 aliphatic carbocycles. The van der Waals surface area contributed by atoms with E-state index < -0.39 is 24.3 Å². The number of carbonyl (C=O) groups is 3. The maximum Gasteiger partial charge on any atom is 0.306 e. The van der Waals surface area contributed by atoms with Gasteiger partial charge in [-0.3, -0.25) is 9.59 Å². The lowest BCUT2D eigenvalue weighted by atomic mass is 10.0. The lowest BCUT2D eigenvalue weighted by Gasteiger charge is -2.26. The second kappa shape index (κ2) is 54.5. The molecule has 0 aliphatic heterocycles. The van der Waals surface area contributed by atoms with Crippen LogP contribution in [0.25, 0.3) is 0 Å². The lowest BCUT2D eigenvalue weighted by molar-refractivity contribution is -0.870. The van der Waals surface area contributed by atoms with E-state index in [1.807, 2.05) is 21.1 Å². The Kier molecular flexibility index (Phi) is 51.6. The van der Waals surface area contributed by atoms with E-state index in [9.17, 15) is 19.5 Å². The van der Waals surface area contributed by atoms with Crippen LogP contribution in [-0.2, 0) is 33.3 Å². The number of allylic oxidation sites excluding steroid dienone is 16. The van der Waals surface area contributed by atoms with Crippen molar-refractivity contribution < 1.29 is 42.9 Å². The van der Waals surface area contributed by atoms with Crippen molar-refractivity contribution in [3.8, 4) is 0 Å². The quantitative estimate of drug-likeness (QED) is 0.0195. The number of esters is 2. The van der Waals surface area contributed by atoms with Gasteiger partial charge in [-0.25, -0.2) is 0 Å². The normalized spacial score (nSPS) is 13.5. The van der Waals surface area contributed by atoms with Gasteiger partial charge in [0, 0.05) is 12.8 Å². The van der Waals surface area contributed by atoms with Gasteiger partial charge in [0.05, 0.1) is 40.3 Å². The SMILES string of the molecule is CC/C=C\C/C=C\C/C=C\C/C=C\C/C=C\C/C=C\C/C=C\C/C=C\CCCCCCCCCCC(=O)OC(COC(=O)CCCCCCCCCCCCCCCCC)COC(OCC[N+](C)(C)C)C(=O)[O-]. The topological polar surface area (TPSA) is 111 Å². The number of hydrogen-bond acceptors (Lipinski definition) is 8. The van der Waals surface area contributed by atoms with Gasteiger partial charge in [-0.1, -0.05) is 239 Å². The molecule has 418 valence electrons. The Hall–Kier alpha value is -3.79. The van der Waals surface area contributed by atoms with Crippen molar-refractivity contribution >= 4 is 17.9 Å². The van der Waals surface area contributed by atoms with Crippen LogP contribution in [0, 0.1) is 0 Å². The van der Waals surface area contributed by atoms with Gasteiger partial charge in [0.1, 0.15) is 13.2 Å². The first-order valence-electron chi connectivity index (χ1n) is 29.4. The first-order chi connectivity index (χ1) is 35.6. The number of hydrogen-bond donors (Lipinski definition) is 0. The van der Waals surface area contributed by atoms with Crippen molar-refractivity contribution in [2.75, 3.05) is 47.5 Å². The smallest absolute Gasteiger partial charge is 0.306 e. The van der Waals surface area contributed by atoms with E-state index in [2.05, 4.69) is 111 Å². The van der Waals surface area contributed by atoms with Crippen LogP contribution in [0.5, 0.6) is 0 Å². The molecule has 73 heavy (non-hydrogen) atoms. The number of carbonyl (C=O) groups excluding carboxylic acids is 3. The minimum absolute atomic E-state index is 0.143. The number of quaternary nitrogens is 1. The molecule has 0 spiro atoms. The van der Waals surface area contributed by atoms with Crippen LogP contribution in [0.4, 0.5) is 0 Å². The van der Waals surface area contributed by atoms with E-state index >= 15 is 0 Å². The number of likely N-dealkylation sites (N-methyl/N-ethyl adjacent to an activating group) is 1. The Morgan fingerprint density at radius 3 is 1.16 bits per heavy atom. The van der Waals surface area contributed by atoms with Crippen LogP contribution < -0.4 is 5.11 Å². The highest BCUT2D eigenvalue weighted by atomic mass is 16.7. The summed E-state index contributed by atoms with van der Waals surface area (Å²) in [5, 5.41) is 11.8. The fourth-order valence-electron chi connectivity index (χ4n) is 7.85. The molecule has 0 aromatic carbocycles. The number of carboxylic acids is 1. The molecular formula is C64H109NO8. The zero-order valence-corrected chi connectivity index (χ0v) is 47.5. The Labute approximate surface area is 448 Å². The minimum Gasteiger partial charge on any atom is -0.545 e. The molecule has 0 aliphatic rings. The van der Waals surface area contributed by atoms with E-state index in [1.54, 1.807) is 0 Å². The summed E-state index contributed by atoms with van der Waals surface area (Å²) in [6.45, 7) is 4.63. The van der Waals surface area contributed by atoms with Crippen molar-refractivity contribution in [1.82, 2.24) is 0 Å². The maximum absolute atomic E-state index is 12.9. The molecule has 0 saturated heterocycles. The molecule has 9 heteroatoms. The van der Waals surface area contributed by atoms with Gasteiger partial charge < -0.3 is 33.3 Å². The highest BCUT2D eigenvalue weighted by molar-refractivity contribution is 5.70. The molecule has 0 heterocycles. The molecule has 0 radical (unpaired) electrons. The van der Waals surface area contributed by atoms with Crippen molar-refractivity contribution in [2.45, 2.75) is 245 Å². The Morgan fingerprint density at radius 1 is 0.425 bits per heavy atom. The zero-order chi connectivity index (χ0) is 53.4. The molecule has 0 fully saturated rings. The molecule has 2 unspecified atom stereocenters. The summed E-state index contributed by atoms with van der Waals surface area (Å²) in [4.78, 5) is 37.3. The number of unbranched alkanes of at least 4 members (excludes halogenated alkanes) is 22. The summed E-state index contributed by atoms with van der Waals surface area (Å²) in [5.41, 5.74) is 0. The average Bonchev–Trinajstić information content (AvgIpc) is 3.36. The van der Waals surface area contributed by atoms with Crippen LogP contribution in [-0.4, -0.2) is 82.3 Å². The van der Waals surface area contributed by atoms with Gasteiger partial charge in [0.15, 0.2) is 12.4 Å². The van der Waals surface area contributed by atoms with Crippen LogP contribution in [0.3, 0.4) is 0 Å². The van der Waals surface area contributed by atoms with Crippen LogP contribution in [0.1, 0.15) is 232 Å². The second-order valence-corrected chi connectivity index (χ2v) is 20.6. The Bertz CT molecular complexity index is 1520. The number of ether oxygens (including phenoxy) is 4. The summed E-state index contributed by atoms with van der Waals surface area (Å²) in [6.07, 6.45) is 70.2. The number of carboxylic acid groups (broad SMARTS) is 1. The Morgan fingerprint density at radius 2 is 0.781 bits per heavy atom. The first kappa shape index (κ1) is 69.2. The third-order valence-electron chi connectivity index (χ3n) is 12.3. The van der Waals surface area contributed by atoms with Crippen LogP contribution >= 0.6 is 0 Å². The fraction of sp³-hybridized carbons (Fsp3) is 0.703. The third kappa shape index (κ3) is 55.8. The molecule has 0 saturated carbocycles. The van der Waals surface area contributed by atoms with Gasteiger partial charge in [-0.15, -0.1) is 0 Å². The molecule has 0 amide bonds. The van der Waals surface area contributed by atoms with E-state index in [0.717, 1.165) is 96.3 Å². The number of rotatable bonds is 53. The maximum atomic E-state index is 12.9. The van der Waals surface area contributed by atoms with Gasteiger partial charge in [0.2, 0.25) is 0 Å². The standard InChI is InChI=1S/C64H109NO8/c1-6-8-10-12-14-16-18-20-22-23-24-25-26-27-28-29-30-31-32-33-34-35-36-37-38-39-41-43-45-47-49-51-53-55-62(67)73-60(59-72-64(63(68)69)70-57-56-65(3,4)5)58-71-61(66)54-52-50-48-46-44-42-40-21-19-17-15-13-11-9-7-2/h8,10,14,16,20,22,24-25,27-28,30-31,33-34,36-37,60,64H,6-7,9,11-13,15,17-19,21,23,26,29,32,35,38-59H2,1-5H3/b10-8-,16-14-,22-20-,25-24-,28-27-,31-30-,34-33-,37-36-. The highest BCUT2D eigenvalue weighted by Crippen LogP contribution is 2.16. The minimum atomic E-state index is -1.63. The van der Waals surface area contributed by atoms with Crippen molar-refractivity contribution in [2.24, 2.45) is 0 Å². The largest absolute Gasteiger partial charge is 0.545 e. The van der Waals surface area contributed by atoms with Crippen molar-refractivity contribution in [3.05, 3.63) is 97.2 Å². The molecule has 0 bridgehead atoms. The predicted molar refractivity (Wildman–Crippen MR) is 306 cm³/mol. The summed E-state index contributed by atoms with van der Waals surface area (Å²) in [7, 11) is 5.91. The zero-order valence-electron chi connectivity index (χ0n) is 47.5. The summed E-state index contributed by atoms with van der Waals surface area (Å²) < 4.78 is 22.7. The molecule has 2 atom stereocenters. The molecule has 0 aromatic heterocycles. The van der Waals surface area contributed by atoms with E-state index in [-0.39, 0.29) is 38.6 Å². The first-order valence-corrected chi connectivity index (χ1v) is 29.4. The third-order valence-corrected chi connectivity index (χ3v) is 12.3. The van der Waals surface area contributed by atoms with Crippen LogP contribution in [0.2, 0.25) is 0 Å². The molecule has 0 aromatic rings. The lowest BCUT2D eigenvalue weighted by Crippen LogP contribution is -2.44. The highest BCUT2D eigenvalue weighted by Gasteiger charge is 2.22. The summed E-state index contributed by atoms with van der Waals surface area (Å²) in [5.74, 6) is -2.29.